The summed E-state index contributed by atoms with van der Waals surface area (Å²) >= 11 is 0. The highest BCUT2D eigenvalue weighted by atomic mass is 16.2. The molecule has 0 aliphatic carbocycles. The maximum atomic E-state index is 11.9. The third-order valence-corrected chi connectivity index (χ3v) is 3.09. The summed E-state index contributed by atoms with van der Waals surface area (Å²) in [5.41, 5.74) is 0.516. The van der Waals surface area contributed by atoms with E-state index in [-0.39, 0.29) is 23.1 Å². The average Bonchev–Trinajstić information content (AvgIpc) is 2.48. The quantitative estimate of drug-likeness (QED) is 0.739. The maximum Gasteiger partial charge on any atom is 0.259 e. The Morgan fingerprint density at radius 2 is 2.11 bits per heavy atom. The molecule has 0 aromatic carbocycles. The molecule has 1 saturated heterocycles. The van der Waals surface area contributed by atoms with Crippen LogP contribution in [-0.4, -0.2) is 29.9 Å². The van der Waals surface area contributed by atoms with E-state index < -0.39 is 5.91 Å². The number of piperidine rings is 1. The van der Waals surface area contributed by atoms with Gasteiger partial charge in [0.05, 0.1) is 5.56 Å². The van der Waals surface area contributed by atoms with Gasteiger partial charge in [-0.2, -0.15) is 5.26 Å². The largest absolute Gasteiger partial charge is 0.317 e. The molecule has 0 unspecified atom stereocenters. The van der Waals surface area contributed by atoms with Crippen molar-refractivity contribution >= 4 is 11.8 Å². The lowest BCUT2D eigenvalue weighted by molar-refractivity contribution is -0.124. The molecule has 2 heterocycles. The van der Waals surface area contributed by atoms with Crippen LogP contribution in [-0.2, 0) is 4.79 Å². The van der Waals surface area contributed by atoms with Gasteiger partial charge in [-0.1, -0.05) is 0 Å². The van der Waals surface area contributed by atoms with Crippen LogP contribution in [0.15, 0.2) is 18.3 Å². The normalized spacial score (nSPS) is 15.5. The zero-order chi connectivity index (χ0) is 13.7. The van der Waals surface area contributed by atoms with E-state index in [1.807, 2.05) is 6.07 Å². The Labute approximate surface area is 110 Å². The number of rotatable bonds is 2. The monoisotopic (exact) mass is 258 g/mol. The second kappa shape index (κ2) is 6.07. The Bertz CT molecular complexity index is 512. The number of amides is 2. The molecule has 2 amide bonds. The van der Waals surface area contributed by atoms with Gasteiger partial charge in [0.25, 0.3) is 5.91 Å². The number of hydrogen-bond acceptors (Lipinski definition) is 5. The van der Waals surface area contributed by atoms with Gasteiger partial charge in [-0.05, 0) is 38.1 Å². The van der Waals surface area contributed by atoms with Gasteiger partial charge in [0.1, 0.15) is 11.8 Å². The number of hydrogen-bond donors (Lipinski definition) is 2. The fraction of sp³-hybridized carbons (Fsp3) is 0.385. The minimum absolute atomic E-state index is 0.114. The molecule has 0 spiro atoms. The zero-order valence-corrected chi connectivity index (χ0v) is 10.3. The molecule has 0 bridgehead atoms. The van der Waals surface area contributed by atoms with E-state index in [0.717, 1.165) is 25.9 Å². The highest BCUT2D eigenvalue weighted by molar-refractivity contribution is 6.05. The van der Waals surface area contributed by atoms with Crippen molar-refractivity contribution < 1.29 is 9.59 Å². The van der Waals surface area contributed by atoms with Crippen molar-refractivity contribution in [1.82, 2.24) is 15.6 Å². The van der Waals surface area contributed by atoms with Crippen LogP contribution < -0.4 is 10.6 Å². The Morgan fingerprint density at radius 1 is 1.37 bits per heavy atom. The third-order valence-electron chi connectivity index (χ3n) is 3.09. The first-order chi connectivity index (χ1) is 9.20. The van der Waals surface area contributed by atoms with Crippen LogP contribution in [0.1, 0.15) is 28.9 Å². The molecule has 1 fully saturated rings. The first-order valence-corrected chi connectivity index (χ1v) is 6.13. The Morgan fingerprint density at radius 3 is 2.68 bits per heavy atom. The number of imide groups is 1. The van der Waals surface area contributed by atoms with Crippen LogP contribution >= 0.6 is 0 Å². The predicted molar refractivity (Wildman–Crippen MR) is 67.0 cm³/mol. The molecule has 1 aromatic heterocycles. The molecular weight excluding hydrogens is 244 g/mol. The summed E-state index contributed by atoms with van der Waals surface area (Å²) < 4.78 is 0. The van der Waals surface area contributed by atoms with Crippen molar-refractivity contribution in [2.45, 2.75) is 12.8 Å². The Hall–Kier alpha value is -2.26. The number of carbonyl (C=O) groups is 2. The van der Waals surface area contributed by atoms with E-state index >= 15 is 0 Å². The summed E-state index contributed by atoms with van der Waals surface area (Å²) in [7, 11) is 0. The molecule has 1 aromatic rings. The summed E-state index contributed by atoms with van der Waals surface area (Å²) in [5.74, 6) is -0.826. The molecule has 19 heavy (non-hydrogen) atoms. The summed E-state index contributed by atoms with van der Waals surface area (Å²) in [6, 6.07) is 4.80. The summed E-state index contributed by atoms with van der Waals surface area (Å²) in [4.78, 5) is 27.5. The van der Waals surface area contributed by atoms with Crippen molar-refractivity contribution in [3.8, 4) is 6.07 Å². The van der Waals surface area contributed by atoms with Gasteiger partial charge >= 0.3 is 0 Å². The Kier molecular flexibility index (Phi) is 4.21. The van der Waals surface area contributed by atoms with Crippen LogP contribution in [0, 0.1) is 17.2 Å². The average molecular weight is 258 g/mol. The molecule has 0 saturated carbocycles. The number of aromatic nitrogens is 1. The van der Waals surface area contributed by atoms with E-state index in [9.17, 15) is 9.59 Å². The van der Waals surface area contributed by atoms with Gasteiger partial charge in [-0.3, -0.25) is 14.9 Å². The van der Waals surface area contributed by atoms with E-state index in [0.29, 0.717) is 0 Å². The molecule has 1 aliphatic rings. The second-order valence-electron chi connectivity index (χ2n) is 4.39. The summed E-state index contributed by atoms with van der Waals surface area (Å²) in [6.07, 6.45) is 2.78. The van der Waals surface area contributed by atoms with E-state index in [1.54, 1.807) is 0 Å². The number of nitrogens with zero attached hydrogens (tertiary/aromatic N) is 2. The SMILES string of the molecule is N#Cc1ccc(C(=O)NC(=O)C2CCNCC2)cn1. The molecular formula is C13H14N4O2. The van der Waals surface area contributed by atoms with Crippen molar-refractivity contribution in [2.24, 2.45) is 5.92 Å². The van der Waals surface area contributed by atoms with Crippen LogP contribution in [0.3, 0.4) is 0 Å². The first kappa shape index (κ1) is 13.2. The molecule has 0 atom stereocenters. The van der Waals surface area contributed by atoms with Crippen LogP contribution in [0.25, 0.3) is 0 Å². The second-order valence-corrected chi connectivity index (χ2v) is 4.39. The number of nitrogens with one attached hydrogen (secondary N) is 2. The summed E-state index contributed by atoms with van der Waals surface area (Å²) in [5, 5.41) is 14.1. The van der Waals surface area contributed by atoms with Crippen molar-refractivity contribution in [3.05, 3.63) is 29.6 Å². The molecule has 98 valence electrons. The van der Waals surface area contributed by atoms with Crippen molar-refractivity contribution in [1.29, 1.82) is 5.26 Å². The van der Waals surface area contributed by atoms with Crippen LogP contribution in [0.2, 0.25) is 0 Å². The highest BCUT2D eigenvalue weighted by Crippen LogP contribution is 2.11. The number of pyridine rings is 1. The van der Waals surface area contributed by atoms with Crippen LogP contribution in [0.5, 0.6) is 0 Å². The molecule has 2 rings (SSSR count). The molecule has 0 radical (unpaired) electrons. The molecule has 6 heteroatoms. The van der Waals surface area contributed by atoms with Gasteiger partial charge in [-0.15, -0.1) is 0 Å². The molecule has 2 N–H and O–H groups in total. The minimum atomic E-state index is -0.472. The lowest BCUT2D eigenvalue weighted by Crippen LogP contribution is -2.40. The highest BCUT2D eigenvalue weighted by Gasteiger charge is 2.22. The smallest absolute Gasteiger partial charge is 0.259 e. The maximum absolute atomic E-state index is 11.9. The molecule has 1 aliphatic heterocycles. The van der Waals surface area contributed by atoms with Gasteiger partial charge in [-0.25, -0.2) is 4.98 Å². The fourth-order valence-corrected chi connectivity index (χ4v) is 1.96. The number of nitriles is 1. The van der Waals surface area contributed by atoms with Gasteiger partial charge in [0.2, 0.25) is 5.91 Å². The van der Waals surface area contributed by atoms with Gasteiger partial charge in [0, 0.05) is 12.1 Å². The zero-order valence-electron chi connectivity index (χ0n) is 10.3. The molecule has 6 nitrogen and oxygen atoms in total. The van der Waals surface area contributed by atoms with Gasteiger partial charge < -0.3 is 5.32 Å². The first-order valence-electron chi connectivity index (χ1n) is 6.13. The minimum Gasteiger partial charge on any atom is -0.317 e. The van der Waals surface area contributed by atoms with Crippen LogP contribution in [0.4, 0.5) is 0 Å². The fourth-order valence-electron chi connectivity index (χ4n) is 1.96. The van der Waals surface area contributed by atoms with E-state index in [1.165, 1.54) is 18.3 Å². The topological polar surface area (TPSA) is 94.9 Å². The van der Waals surface area contributed by atoms with E-state index in [2.05, 4.69) is 15.6 Å². The lowest BCUT2D eigenvalue weighted by Gasteiger charge is -2.21. The van der Waals surface area contributed by atoms with Gasteiger partial charge in [0.15, 0.2) is 0 Å². The van der Waals surface area contributed by atoms with Crippen molar-refractivity contribution in [2.75, 3.05) is 13.1 Å². The summed E-state index contributed by atoms with van der Waals surface area (Å²) in [6.45, 7) is 1.59. The predicted octanol–water partition coefficient (Wildman–Crippen LogP) is 0.209. The van der Waals surface area contributed by atoms with E-state index in [4.69, 9.17) is 5.26 Å². The Balaban J connectivity index is 1.96. The lowest BCUT2D eigenvalue weighted by atomic mass is 9.97. The standard InChI is InChI=1S/C13H14N4O2/c14-7-11-2-1-10(8-16-11)13(19)17-12(18)9-3-5-15-6-4-9/h1-2,8-9,15H,3-6H2,(H,17,18,19). The third kappa shape index (κ3) is 3.36. The number of carbonyl (C=O) groups excluding carboxylic acids is 2. The van der Waals surface area contributed by atoms with Crippen molar-refractivity contribution in [3.63, 3.8) is 0 Å².